The third-order valence-corrected chi connectivity index (χ3v) is 4.53. The molecule has 1 atom stereocenters. The van der Waals surface area contributed by atoms with Crippen LogP contribution in [0.25, 0.3) is 0 Å². The molecule has 0 radical (unpaired) electrons. The molecule has 0 spiro atoms. The number of amides is 2. The molecule has 0 saturated carbocycles. The summed E-state index contributed by atoms with van der Waals surface area (Å²) >= 11 is 0. The fourth-order valence-electron chi connectivity index (χ4n) is 1.86. The van der Waals surface area contributed by atoms with Gasteiger partial charge in [0.2, 0.25) is 10.0 Å². The molecule has 0 aromatic heterocycles. The second kappa shape index (κ2) is 9.36. The van der Waals surface area contributed by atoms with E-state index in [4.69, 9.17) is 4.74 Å². The molecule has 0 fully saturated rings. The van der Waals surface area contributed by atoms with Gasteiger partial charge >= 0.3 is 6.03 Å². The summed E-state index contributed by atoms with van der Waals surface area (Å²) in [5.74, 6) is 0.778. The average molecular weight is 343 g/mol. The minimum absolute atomic E-state index is 0.0202. The zero-order chi connectivity index (χ0) is 17.3. The predicted octanol–water partition coefficient (Wildman–Crippen LogP) is 1.38. The molecule has 1 aromatic rings. The van der Waals surface area contributed by atoms with Crippen LogP contribution in [-0.2, 0) is 10.0 Å². The van der Waals surface area contributed by atoms with E-state index in [-0.39, 0.29) is 30.9 Å². The summed E-state index contributed by atoms with van der Waals surface area (Å²) in [7, 11) is -3.23. The number of hydrogen-bond acceptors (Lipinski definition) is 4. The fraction of sp³-hybridized carbons (Fsp3) is 0.533. The Morgan fingerprint density at radius 1 is 1.26 bits per heavy atom. The summed E-state index contributed by atoms with van der Waals surface area (Å²) in [4.78, 5) is 11.8. The normalized spacial score (nSPS) is 12.5. The van der Waals surface area contributed by atoms with Gasteiger partial charge in [0.05, 0.1) is 18.4 Å². The Hall–Kier alpha value is -1.80. The molecule has 1 aromatic carbocycles. The van der Waals surface area contributed by atoms with Crippen LogP contribution in [0.5, 0.6) is 5.75 Å². The molecule has 7 nitrogen and oxygen atoms in total. The Kier molecular flexibility index (Phi) is 7.84. The minimum Gasteiger partial charge on any atom is -0.494 e. The Bertz CT molecular complexity index is 604. The molecule has 0 aliphatic carbocycles. The number of ether oxygens (including phenoxy) is 1. The highest BCUT2D eigenvalue weighted by atomic mass is 32.2. The van der Waals surface area contributed by atoms with Crippen LogP contribution < -0.4 is 20.1 Å². The van der Waals surface area contributed by atoms with E-state index in [0.717, 1.165) is 11.3 Å². The van der Waals surface area contributed by atoms with Crippen LogP contribution in [0.2, 0.25) is 0 Å². The van der Waals surface area contributed by atoms with Crippen LogP contribution in [0.15, 0.2) is 24.3 Å². The first kappa shape index (κ1) is 19.2. The van der Waals surface area contributed by atoms with Gasteiger partial charge in [0, 0.05) is 13.1 Å². The van der Waals surface area contributed by atoms with Crippen LogP contribution in [0.1, 0.15) is 32.4 Å². The molecular weight excluding hydrogens is 318 g/mol. The smallest absolute Gasteiger partial charge is 0.315 e. The van der Waals surface area contributed by atoms with Crippen molar-refractivity contribution in [2.24, 2.45) is 0 Å². The SMILES string of the molecule is CCOc1cccc([C@@H](C)NC(=O)NCCNS(=O)(=O)CC)c1. The van der Waals surface area contributed by atoms with Crippen LogP contribution in [-0.4, -0.2) is 39.9 Å². The van der Waals surface area contributed by atoms with Crippen molar-refractivity contribution in [1.82, 2.24) is 15.4 Å². The van der Waals surface area contributed by atoms with E-state index in [0.29, 0.717) is 6.61 Å². The van der Waals surface area contributed by atoms with Gasteiger partial charge in [-0.05, 0) is 38.5 Å². The number of sulfonamides is 1. The number of carbonyl (C=O) groups is 1. The van der Waals surface area contributed by atoms with Gasteiger partial charge in [-0.2, -0.15) is 0 Å². The van der Waals surface area contributed by atoms with Gasteiger partial charge in [0.15, 0.2) is 0 Å². The Labute approximate surface area is 137 Å². The van der Waals surface area contributed by atoms with E-state index in [1.54, 1.807) is 6.92 Å². The van der Waals surface area contributed by atoms with Crippen molar-refractivity contribution in [1.29, 1.82) is 0 Å². The molecule has 3 N–H and O–H groups in total. The van der Waals surface area contributed by atoms with Crippen LogP contribution >= 0.6 is 0 Å². The molecule has 0 bridgehead atoms. The lowest BCUT2D eigenvalue weighted by atomic mass is 10.1. The predicted molar refractivity (Wildman–Crippen MR) is 90.0 cm³/mol. The highest BCUT2D eigenvalue weighted by Gasteiger charge is 2.10. The van der Waals surface area contributed by atoms with Crippen molar-refractivity contribution in [2.45, 2.75) is 26.8 Å². The Morgan fingerprint density at radius 2 is 2.00 bits per heavy atom. The fourth-order valence-corrected chi connectivity index (χ4v) is 2.47. The number of rotatable bonds is 9. The number of carbonyl (C=O) groups excluding carboxylic acids is 1. The van der Waals surface area contributed by atoms with E-state index in [9.17, 15) is 13.2 Å². The molecule has 0 aliphatic heterocycles. The summed E-state index contributed by atoms with van der Waals surface area (Å²) in [5.41, 5.74) is 0.929. The van der Waals surface area contributed by atoms with Crippen molar-refractivity contribution >= 4 is 16.1 Å². The second-order valence-corrected chi connectivity index (χ2v) is 7.02. The largest absolute Gasteiger partial charge is 0.494 e. The third kappa shape index (κ3) is 7.34. The molecule has 0 aliphatic rings. The van der Waals surface area contributed by atoms with Crippen molar-refractivity contribution in [2.75, 3.05) is 25.4 Å². The van der Waals surface area contributed by atoms with Crippen molar-refractivity contribution < 1.29 is 17.9 Å². The first-order chi connectivity index (χ1) is 10.9. The maximum Gasteiger partial charge on any atom is 0.315 e. The van der Waals surface area contributed by atoms with Crippen LogP contribution in [0.3, 0.4) is 0 Å². The first-order valence-corrected chi connectivity index (χ1v) is 9.27. The topological polar surface area (TPSA) is 96.5 Å². The van der Waals surface area contributed by atoms with Gasteiger partial charge in [-0.25, -0.2) is 17.9 Å². The second-order valence-electron chi connectivity index (χ2n) is 4.93. The first-order valence-electron chi connectivity index (χ1n) is 7.62. The maximum absolute atomic E-state index is 11.8. The molecule has 23 heavy (non-hydrogen) atoms. The number of benzene rings is 1. The molecule has 130 valence electrons. The highest BCUT2D eigenvalue weighted by molar-refractivity contribution is 7.89. The number of nitrogens with one attached hydrogen (secondary N) is 3. The maximum atomic E-state index is 11.8. The van der Waals surface area contributed by atoms with E-state index >= 15 is 0 Å². The summed E-state index contributed by atoms with van der Waals surface area (Å²) in [6.45, 7) is 6.30. The molecule has 0 unspecified atom stereocenters. The average Bonchev–Trinajstić information content (AvgIpc) is 2.52. The van der Waals surface area contributed by atoms with Gasteiger partial charge in [0.1, 0.15) is 5.75 Å². The van der Waals surface area contributed by atoms with Crippen LogP contribution in [0, 0.1) is 0 Å². The molecule has 0 heterocycles. The van der Waals surface area contributed by atoms with E-state index in [1.165, 1.54) is 0 Å². The van der Waals surface area contributed by atoms with Crippen molar-refractivity contribution in [3.05, 3.63) is 29.8 Å². The summed E-state index contributed by atoms with van der Waals surface area (Å²) < 4.78 is 30.3. The lowest BCUT2D eigenvalue weighted by Gasteiger charge is -2.16. The lowest BCUT2D eigenvalue weighted by Crippen LogP contribution is -2.41. The van der Waals surface area contributed by atoms with Crippen LogP contribution in [0.4, 0.5) is 4.79 Å². The summed E-state index contributed by atoms with van der Waals surface area (Å²) in [5, 5.41) is 5.41. The molecule has 2 amide bonds. The summed E-state index contributed by atoms with van der Waals surface area (Å²) in [6.07, 6.45) is 0. The van der Waals surface area contributed by atoms with Gasteiger partial charge in [0.25, 0.3) is 0 Å². The monoisotopic (exact) mass is 343 g/mol. The van der Waals surface area contributed by atoms with Gasteiger partial charge < -0.3 is 15.4 Å². The van der Waals surface area contributed by atoms with E-state index < -0.39 is 10.0 Å². The number of hydrogen-bond donors (Lipinski definition) is 3. The summed E-state index contributed by atoms with van der Waals surface area (Å²) in [6, 6.07) is 6.97. The van der Waals surface area contributed by atoms with Crippen molar-refractivity contribution in [3.63, 3.8) is 0 Å². The standard InChI is InChI=1S/C15H25N3O4S/c1-4-22-14-8-6-7-13(11-14)12(3)18-15(19)16-9-10-17-23(20,21)5-2/h6-8,11-12,17H,4-5,9-10H2,1-3H3,(H2,16,18,19)/t12-/m1/s1. The van der Waals surface area contributed by atoms with Gasteiger partial charge in [-0.3, -0.25) is 0 Å². The zero-order valence-corrected chi connectivity index (χ0v) is 14.6. The van der Waals surface area contributed by atoms with Gasteiger partial charge in [-0.1, -0.05) is 12.1 Å². The van der Waals surface area contributed by atoms with Gasteiger partial charge in [-0.15, -0.1) is 0 Å². The highest BCUT2D eigenvalue weighted by Crippen LogP contribution is 2.18. The quantitative estimate of drug-likeness (QED) is 0.590. The van der Waals surface area contributed by atoms with E-state index in [1.807, 2.05) is 38.1 Å². The minimum atomic E-state index is -3.23. The third-order valence-electron chi connectivity index (χ3n) is 3.13. The number of urea groups is 1. The van der Waals surface area contributed by atoms with Crippen molar-refractivity contribution in [3.8, 4) is 5.75 Å². The molecule has 0 saturated heterocycles. The molecule has 8 heteroatoms. The Morgan fingerprint density at radius 3 is 2.65 bits per heavy atom. The zero-order valence-electron chi connectivity index (χ0n) is 13.8. The molecule has 1 rings (SSSR count). The van der Waals surface area contributed by atoms with E-state index in [2.05, 4.69) is 15.4 Å². The Balaban J connectivity index is 2.40. The lowest BCUT2D eigenvalue weighted by molar-refractivity contribution is 0.238. The molecular formula is C15H25N3O4S.